The lowest BCUT2D eigenvalue weighted by molar-refractivity contribution is -0.118. The monoisotopic (exact) mass is 367 g/mol. The average molecular weight is 368 g/mol. The van der Waals surface area contributed by atoms with E-state index in [1.807, 2.05) is 13.8 Å². The third kappa shape index (κ3) is 6.33. The minimum atomic E-state index is -0.104. The highest BCUT2D eigenvalue weighted by Crippen LogP contribution is 2.38. The fourth-order valence-corrected chi connectivity index (χ4v) is 3.35. The van der Waals surface area contributed by atoms with Crippen LogP contribution in [0.5, 0.6) is 0 Å². The number of carbonyl (C=O) groups excluding carboxylic acids is 2. The molecule has 6 heteroatoms. The Morgan fingerprint density at radius 2 is 1.72 bits per heavy atom. The summed E-state index contributed by atoms with van der Waals surface area (Å²) in [5, 5.41) is 5.77. The largest absolute Gasteiger partial charge is 0.350 e. The van der Waals surface area contributed by atoms with Crippen LogP contribution in [0.15, 0.2) is 24.3 Å². The fourth-order valence-electron chi connectivity index (χ4n) is 3.35. The first-order valence-corrected chi connectivity index (χ1v) is 8.85. The first-order chi connectivity index (χ1) is 11.4. The molecular formula is C19H30ClN3O2. The lowest BCUT2D eigenvalue weighted by atomic mass is 9.71. The Labute approximate surface area is 156 Å². The minimum Gasteiger partial charge on any atom is -0.350 e. The van der Waals surface area contributed by atoms with Crippen molar-refractivity contribution in [3.05, 3.63) is 29.8 Å². The van der Waals surface area contributed by atoms with Gasteiger partial charge in [-0.2, -0.15) is 0 Å². The van der Waals surface area contributed by atoms with Crippen LogP contribution < -0.4 is 16.4 Å². The smallest absolute Gasteiger partial charge is 0.251 e. The number of rotatable bonds is 6. The van der Waals surface area contributed by atoms with Gasteiger partial charge in [-0.15, -0.1) is 12.4 Å². The van der Waals surface area contributed by atoms with Gasteiger partial charge in [-0.05, 0) is 62.9 Å². The molecule has 1 aromatic rings. The van der Waals surface area contributed by atoms with Crippen LogP contribution in [-0.2, 0) is 4.79 Å². The third-order valence-corrected chi connectivity index (χ3v) is 4.73. The summed E-state index contributed by atoms with van der Waals surface area (Å²) in [7, 11) is 0. The van der Waals surface area contributed by atoms with Crippen molar-refractivity contribution in [1.82, 2.24) is 5.32 Å². The van der Waals surface area contributed by atoms with Crippen molar-refractivity contribution < 1.29 is 9.59 Å². The molecule has 2 amide bonds. The van der Waals surface area contributed by atoms with Crippen LogP contribution >= 0.6 is 12.4 Å². The van der Waals surface area contributed by atoms with E-state index in [1.54, 1.807) is 24.3 Å². The zero-order valence-corrected chi connectivity index (χ0v) is 16.0. The number of nitrogens with two attached hydrogens (primary N) is 1. The summed E-state index contributed by atoms with van der Waals surface area (Å²) in [4.78, 5) is 24.3. The summed E-state index contributed by atoms with van der Waals surface area (Å²) in [5.41, 5.74) is 7.21. The predicted molar refractivity (Wildman–Crippen MR) is 104 cm³/mol. The van der Waals surface area contributed by atoms with E-state index < -0.39 is 0 Å². The molecule has 1 saturated carbocycles. The van der Waals surface area contributed by atoms with Gasteiger partial charge in [-0.25, -0.2) is 0 Å². The van der Waals surface area contributed by atoms with Crippen LogP contribution in [0.3, 0.4) is 0 Å². The van der Waals surface area contributed by atoms with E-state index in [2.05, 4.69) is 10.6 Å². The number of anilines is 1. The molecule has 0 radical (unpaired) electrons. The van der Waals surface area contributed by atoms with Gasteiger partial charge in [-0.1, -0.05) is 19.3 Å². The van der Waals surface area contributed by atoms with Crippen molar-refractivity contribution in [3.63, 3.8) is 0 Å². The molecule has 1 aliphatic rings. The Hall–Kier alpha value is -1.59. The van der Waals surface area contributed by atoms with Gasteiger partial charge in [0.25, 0.3) is 5.91 Å². The summed E-state index contributed by atoms with van der Waals surface area (Å²) < 4.78 is 0. The van der Waals surface area contributed by atoms with Crippen molar-refractivity contribution in [2.75, 3.05) is 11.9 Å². The second kappa shape index (κ2) is 9.78. The number of halogens is 1. The number of nitrogens with one attached hydrogen (secondary N) is 2. The zero-order chi connectivity index (χ0) is 17.6. The maximum atomic E-state index is 12.4. The van der Waals surface area contributed by atoms with Crippen molar-refractivity contribution >= 4 is 29.9 Å². The standard InChI is InChI=1S/C19H29N3O2.ClH/c1-14(2)21-18(24)15-6-8-16(9-7-15)22-17(23)12-19(13-20)10-4-3-5-11-19;/h6-9,14H,3-5,10-13,20H2,1-2H3,(H,21,24)(H,22,23);1H. The van der Waals surface area contributed by atoms with Crippen molar-refractivity contribution in [2.45, 2.75) is 58.4 Å². The summed E-state index contributed by atoms with van der Waals surface area (Å²) >= 11 is 0. The normalized spacial score (nSPS) is 16.0. The lowest BCUT2D eigenvalue weighted by Crippen LogP contribution is -2.36. The first kappa shape index (κ1) is 21.5. The molecule has 0 aliphatic heterocycles. The van der Waals surface area contributed by atoms with Gasteiger partial charge in [0, 0.05) is 23.7 Å². The molecule has 0 saturated heterocycles. The van der Waals surface area contributed by atoms with Gasteiger partial charge in [-0.3, -0.25) is 9.59 Å². The van der Waals surface area contributed by atoms with E-state index >= 15 is 0 Å². The van der Waals surface area contributed by atoms with Crippen LogP contribution in [0, 0.1) is 5.41 Å². The molecule has 0 bridgehead atoms. The predicted octanol–water partition coefficient (Wildman–Crippen LogP) is 3.48. The van der Waals surface area contributed by atoms with Crippen LogP contribution in [0.2, 0.25) is 0 Å². The van der Waals surface area contributed by atoms with Crippen molar-refractivity contribution in [2.24, 2.45) is 11.1 Å². The quantitative estimate of drug-likeness (QED) is 0.719. The summed E-state index contributed by atoms with van der Waals surface area (Å²) in [5.74, 6) is -0.103. The van der Waals surface area contributed by atoms with E-state index in [-0.39, 0.29) is 35.7 Å². The van der Waals surface area contributed by atoms with Crippen LogP contribution in [-0.4, -0.2) is 24.4 Å². The highest BCUT2D eigenvalue weighted by Gasteiger charge is 2.32. The molecule has 0 heterocycles. The van der Waals surface area contributed by atoms with Gasteiger partial charge in [0.05, 0.1) is 0 Å². The third-order valence-electron chi connectivity index (χ3n) is 4.73. The molecule has 2 rings (SSSR count). The molecule has 0 atom stereocenters. The van der Waals surface area contributed by atoms with E-state index in [9.17, 15) is 9.59 Å². The molecule has 0 unspecified atom stereocenters. The van der Waals surface area contributed by atoms with Crippen LogP contribution in [0.1, 0.15) is 62.7 Å². The lowest BCUT2D eigenvalue weighted by Gasteiger charge is -2.35. The molecule has 1 aromatic carbocycles. The minimum absolute atomic E-state index is 0. The number of benzene rings is 1. The summed E-state index contributed by atoms with van der Waals surface area (Å²) in [6.45, 7) is 4.41. The van der Waals surface area contributed by atoms with E-state index in [1.165, 1.54) is 6.42 Å². The Balaban J connectivity index is 0.00000312. The molecule has 0 spiro atoms. The second-order valence-corrected chi connectivity index (χ2v) is 7.20. The Morgan fingerprint density at radius 3 is 2.24 bits per heavy atom. The number of amides is 2. The molecule has 4 N–H and O–H groups in total. The SMILES string of the molecule is CC(C)NC(=O)c1ccc(NC(=O)CC2(CN)CCCCC2)cc1.Cl. The van der Waals surface area contributed by atoms with Gasteiger partial charge in [0.15, 0.2) is 0 Å². The average Bonchev–Trinajstić information content (AvgIpc) is 2.55. The molecular weight excluding hydrogens is 338 g/mol. The molecule has 1 fully saturated rings. The van der Waals surface area contributed by atoms with Crippen molar-refractivity contribution in [3.8, 4) is 0 Å². The van der Waals surface area contributed by atoms with E-state index in [0.29, 0.717) is 24.2 Å². The van der Waals surface area contributed by atoms with Crippen LogP contribution in [0.25, 0.3) is 0 Å². The highest BCUT2D eigenvalue weighted by atomic mass is 35.5. The van der Waals surface area contributed by atoms with Gasteiger partial charge in [0.2, 0.25) is 5.91 Å². The topological polar surface area (TPSA) is 84.2 Å². The Kier molecular flexibility index (Phi) is 8.39. The van der Waals surface area contributed by atoms with E-state index in [4.69, 9.17) is 5.73 Å². The highest BCUT2D eigenvalue weighted by molar-refractivity contribution is 5.96. The number of hydrogen-bond donors (Lipinski definition) is 3. The Morgan fingerprint density at radius 1 is 1.12 bits per heavy atom. The van der Waals surface area contributed by atoms with Gasteiger partial charge in [0.1, 0.15) is 0 Å². The molecule has 5 nitrogen and oxygen atoms in total. The maximum Gasteiger partial charge on any atom is 0.251 e. The second-order valence-electron chi connectivity index (χ2n) is 7.20. The summed E-state index contributed by atoms with van der Waals surface area (Å²) in [6, 6.07) is 7.09. The molecule has 140 valence electrons. The fraction of sp³-hybridized carbons (Fsp3) is 0.579. The first-order valence-electron chi connectivity index (χ1n) is 8.85. The zero-order valence-electron chi connectivity index (χ0n) is 15.1. The van der Waals surface area contributed by atoms with E-state index in [0.717, 1.165) is 25.7 Å². The summed E-state index contributed by atoms with van der Waals surface area (Å²) in [6.07, 6.45) is 6.09. The van der Waals surface area contributed by atoms with Gasteiger partial charge >= 0.3 is 0 Å². The number of hydrogen-bond acceptors (Lipinski definition) is 3. The van der Waals surface area contributed by atoms with Crippen LogP contribution in [0.4, 0.5) is 5.69 Å². The number of carbonyl (C=O) groups is 2. The van der Waals surface area contributed by atoms with Gasteiger partial charge < -0.3 is 16.4 Å². The molecule has 1 aliphatic carbocycles. The van der Waals surface area contributed by atoms with Crippen molar-refractivity contribution in [1.29, 1.82) is 0 Å². The molecule has 25 heavy (non-hydrogen) atoms. The molecule has 0 aromatic heterocycles. The Bertz CT molecular complexity index is 567. The maximum absolute atomic E-state index is 12.4.